The minimum absolute atomic E-state index is 0.553. The van der Waals surface area contributed by atoms with Crippen molar-refractivity contribution in [1.82, 2.24) is 0 Å². The summed E-state index contributed by atoms with van der Waals surface area (Å²) in [6, 6.07) is 17.5. The zero-order valence-corrected chi connectivity index (χ0v) is 16.5. The first kappa shape index (κ1) is 19.7. The van der Waals surface area contributed by atoms with Crippen molar-refractivity contribution < 1.29 is 19.1 Å². The number of quaternary nitrogens is 1. The molecule has 0 aliphatic carbocycles. The number of piperidine rings is 1. The maximum absolute atomic E-state index is 5.83. The number of hydrogen-bond acceptors (Lipinski definition) is 3. The molecule has 1 heterocycles. The van der Waals surface area contributed by atoms with Gasteiger partial charge in [-0.1, -0.05) is 38.1 Å². The normalized spacial score (nSPS) is 22.4. The number of para-hydroxylation sites is 1. The second-order valence-corrected chi connectivity index (χ2v) is 7.71. The summed E-state index contributed by atoms with van der Waals surface area (Å²) in [6.45, 7) is 10.3. The zero-order chi connectivity index (χ0) is 18.9. The van der Waals surface area contributed by atoms with Crippen LogP contribution in [0.15, 0.2) is 54.6 Å². The number of nitrogens with one attached hydrogen (secondary N) is 1. The molecule has 0 unspecified atom stereocenters. The average molecular weight is 371 g/mol. The van der Waals surface area contributed by atoms with Gasteiger partial charge in [0.05, 0.1) is 26.3 Å². The summed E-state index contributed by atoms with van der Waals surface area (Å²) < 4.78 is 17.4. The van der Waals surface area contributed by atoms with Crippen LogP contribution in [-0.2, 0) is 4.74 Å². The van der Waals surface area contributed by atoms with Crippen LogP contribution in [0.4, 0.5) is 0 Å². The third kappa shape index (κ3) is 6.89. The van der Waals surface area contributed by atoms with Crippen molar-refractivity contribution in [3.05, 3.63) is 54.6 Å². The Morgan fingerprint density at radius 1 is 0.815 bits per heavy atom. The van der Waals surface area contributed by atoms with Crippen LogP contribution in [0.1, 0.15) is 20.3 Å². The van der Waals surface area contributed by atoms with E-state index < -0.39 is 0 Å². The maximum atomic E-state index is 5.83. The van der Waals surface area contributed by atoms with Crippen molar-refractivity contribution in [1.29, 1.82) is 0 Å². The molecule has 0 saturated carbocycles. The Labute approximate surface area is 163 Å². The molecule has 1 fully saturated rings. The highest BCUT2D eigenvalue weighted by atomic mass is 16.5. The van der Waals surface area contributed by atoms with Crippen molar-refractivity contribution in [3.8, 4) is 17.2 Å². The fourth-order valence-corrected chi connectivity index (χ4v) is 3.92. The van der Waals surface area contributed by atoms with Gasteiger partial charge >= 0.3 is 0 Å². The minimum atomic E-state index is 0.553. The van der Waals surface area contributed by atoms with Gasteiger partial charge in [-0.3, -0.25) is 0 Å². The lowest BCUT2D eigenvalue weighted by Gasteiger charge is -2.31. The number of rotatable bonds is 9. The first-order valence-corrected chi connectivity index (χ1v) is 10.1. The van der Waals surface area contributed by atoms with Crippen LogP contribution in [-0.4, -0.2) is 39.5 Å². The van der Waals surface area contributed by atoms with E-state index in [9.17, 15) is 0 Å². The molecular formula is C23H32NO3+. The summed E-state index contributed by atoms with van der Waals surface area (Å²) in [4.78, 5) is 1.67. The Kier molecular flexibility index (Phi) is 7.55. The predicted molar refractivity (Wildman–Crippen MR) is 108 cm³/mol. The van der Waals surface area contributed by atoms with E-state index in [0.29, 0.717) is 13.2 Å². The summed E-state index contributed by atoms with van der Waals surface area (Å²) in [5.41, 5.74) is 0. The summed E-state index contributed by atoms with van der Waals surface area (Å²) in [7, 11) is 0. The molecule has 2 atom stereocenters. The molecule has 4 nitrogen and oxygen atoms in total. The third-order valence-corrected chi connectivity index (χ3v) is 4.96. The Balaban J connectivity index is 1.33. The second-order valence-electron chi connectivity index (χ2n) is 7.71. The van der Waals surface area contributed by atoms with Gasteiger partial charge < -0.3 is 19.1 Å². The molecule has 1 saturated heterocycles. The molecule has 27 heavy (non-hydrogen) atoms. The fraction of sp³-hybridized carbons (Fsp3) is 0.478. The van der Waals surface area contributed by atoms with E-state index in [0.717, 1.165) is 42.2 Å². The van der Waals surface area contributed by atoms with Crippen LogP contribution in [0.2, 0.25) is 0 Å². The quantitative estimate of drug-likeness (QED) is 0.687. The van der Waals surface area contributed by atoms with Gasteiger partial charge in [0.15, 0.2) is 0 Å². The third-order valence-electron chi connectivity index (χ3n) is 4.96. The lowest BCUT2D eigenvalue weighted by atomic mass is 9.92. The summed E-state index contributed by atoms with van der Waals surface area (Å²) >= 11 is 0. The van der Waals surface area contributed by atoms with Crippen LogP contribution >= 0.6 is 0 Å². The summed E-state index contributed by atoms with van der Waals surface area (Å²) in [5, 5.41) is 0. The minimum Gasteiger partial charge on any atom is -0.491 e. The number of hydrogen-bond donors (Lipinski definition) is 1. The van der Waals surface area contributed by atoms with Crippen LogP contribution in [0, 0.1) is 11.8 Å². The van der Waals surface area contributed by atoms with Crippen LogP contribution in [0.3, 0.4) is 0 Å². The Hall–Kier alpha value is -2.04. The predicted octanol–water partition coefficient (Wildman–Crippen LogP) is 3.44. The molecule has 1 N–H and O–H groups in total. The monoisotopic (exact) mass is 370 g/mol. The lowest BCUT2D eigenvalue weighted by Crippen LogP contribution is -3.14. The highest BCUT2D eigenvalue weighted by Gasteiger charge is 2.24. The van der Waals surface area contributed by atoms with Crippen LogP contribution < -0.4 is 14.4 Å². The SMILES string of the molecule is C[C@H]1C[C@H](C)C[NH+](CCOCCOc2cccc(Oc3ccccc3)c2)C1. The van der Waals surface area contributed by atoms with Gasteiger partial charge in [-0.15, -0.1) is 0 Å². The van der Waals surface area contributed by atoms with Crippen LogP contribution in [0.25, 0.3) is 0 Å². The van der Waals surface area contributed by atoms with E-state index in [1.54, 1.807) is 4.90 Å². The average Bonchev–Trinajstić information content (AvgIpc) is 2.65. The highest BCUT2D eigenvalue weighted by Crippen LogP contribution is 2.24. The zero-order valence-electron chi connectivity index (χ0n) is 16.5. The Bertz CT molecular complexity index is 666. The van der Waals surface area contributed by atoms with E-state index in [2.05, 4.69) is 13.8 Å². The van der Waals surface area contributed by atoms with E-state index >= 15 is 0 Å². The molecule has 0 amide bonds. The molecule has 0 bridgehead atoms. The molecule has 3 rings (SSSR count). The van der Waals surface area contributed by atoms with Crippen molar-refractivity contribution in [2.24, 2.45) is 11.8 Å². The van der Waals surface area contributed by atoms with Gasteiger partial charge in [0.1, 0.15) is 30.4 Å². The Morgan fingerprint density at radius 2 is 1.52 bits per heavy atom. The van der Waals surface area contributed by atoms with E-state index in [1.165, 1.54) is 19.5 Å². The van der Waals surface area contributed by atoms with Gasteiger partial charge in [-0.05, 0) is 30.7 Å². The van der Waals surface area contributed by atoms with E-state index in [4.69, 9.17) is 14.2 Å². The van der Waals surface area contributed by atoms with Crippen molar-refractivity contribution in [2.45, 2.75) is 20.3 Å². The topological polar surface area (TPSA) is 32.1 Å². The lowest BCUT2D eigenvalue weighted by molar-refractivity contribution is -0.912. The van der Waals surface area contributed by atoms with Crippen LogP contribution in [0.5, 0.6) is 17.2 Å². The molecule has 4 heteroatoms. The molecule has 0 aromatic heterocycles. The van der Waals surface area contributed by atoms with Crippen molar-refractivity contribution in [2.75, 3.05) is 39.5 Å². The largest absolute Gasteiger partial charge is 0.491 e. The number of ether oxygens (including phenoxy) is 3. The smallest absolute Gasteiger partial charge is 0.131 e. The van der Waals surface area contributed by atoms with E-state index in [-0.39, 0.29) is 0 Å². The van der Waals surface area contributed by atoms with Gasteiger partial charge in [-0.2, -0.15) is 0 Å². The Morgan fingerprint density at radius 3 is 2.30 bits per heavy atom. The molecule has 0 radical (unpaired) electrons. The first-order valence-electron chi connectivity index (χ1n) is 10.1. The molecule has 146 valence electrons. The van der Waals surface area contributed by atoms with Crippen molar-refractivity contribution in [3.63, 3.8) is 0 Å². The van der Waals surface area contributed by atoms with Gasteiger partial charge in [-0.25, -0.2) is 0 Å². The number of benzene rings is 2. The molecule has 1 aliphatic rings. The second kappa shape index (κ2) is 10.3. The van der Waals surface area contributed by atoms with E-state index in [1.807, 2.05) is 54.6 Å². The van der Waals surface area contributed by atoms with Gasteiger partial charge in [0.2, 0.25) is 0 Å². The summed E-state index contributed by atoms with van der Waals surface area (Å²) in [5.74, 6) is 4.06. The molecular weight excluding hydrogens is 338 g/mol. The summed E-state index contributed by atoms with van der Waals surface area (Å²) in [6.07, 6.45) is 1.37. The number of likely N-dealkylation sites (tertiary alicyclic amines) is 1. The molecule has 2 aromatic rings. The molecule has 0 spiro atoms. The standard InChI is InChI=1S/C23H31NO3/c1-19-15-20(2)18-24(17-19)11-12-25-13-14-26-22-9-6-10-23(16-22)27-21-7-4-3-5-8-21/h3-10,16,19-20H,11-15,17-18H2,1-2H3/p+1/t19-,20-/m0/s1. The fourth-order valence-electron chi connectivity index (χ4n) is 3.92. The first-order chi connectivity index (χ1) is 13.2. The van der Waals surface area contributed by atoms with Gasteiger partial charge in [0.25, 0.3) is 0 Å². The molecule has 2 aromatic carbocycles. The highest BCUT2D eigenvalue weighted by molar-refractivity contribution is 5.36. The maximum Gasteiger partial charge on any atom is 0.131 e. The van der Waals surface area contributed by atoms with Gasteiger partial charge in [0, 0.05) is 17.9 Å². The van der Waals surface area contributed by atoms with Crippen molar-refractivity contribution >= 4 is 0 Å². The molecule has 1 aliphatic heterocycles.